The molecule has 2 heterocycles. The second-order valence-electron chi connectivity index (χ2n) is 6.39. The average Bonchev–Trinajstić information content (AvgIpc) is 2.86. The quantitative estimate of drug-likeness (QED) is 0.503. The molecule has 6 nitrogen and oxygen atoms in total. The number of carboxylic acid groups (broad SMARTS) is 1. The molecule has 2 N–H and O–H groups in total. The van der Waals surface area contributed by atoms with Crippen molar-refractivity contribution in [2.45, 2.75) is 19.1 Å². The Labute approximate surface area is 191 Å². The van der Waals surface area contributed by atoms with Crippen LogP contribution in [0.3, 0.4) is 0 Å². The minimum atomic E-state index is -1.22. The molecular formula is C22H20NNaO5. The molecule has 144 valence electrons. The van der Waals surface area contributed by atoms with Crippen LogP contribution >= 0.6 is 0 Å². The summed E-state index contributed by atoms with van der Waals surface area (Å²) in [5, 5.41) is 11.3. The van der Waals surface area contributed by atoms with Gasteiger partial charge in [-0.2, -0.15) is 0 Å². The number of hydrogen-bond acceptors (Lipinski definition) is 5. The average molecular weight is 401 g/mol. The SMILES string of the molecule is O.O=C([O-])c1ccc2c(c1)C(OCCc1cccnc1)c1ccccc1CO2.[Na+]. The maximum absolute atomic E-state index is 11.3. The molecule has 3 aromatic rings. The Morgan fingerprint density at radius 3 is 2.72 bits per heavy atom. The third-order valence-electron chi connectivity index (χ3n) is 4.65. The van der Waals surface area contributed by atoms with Crippen LogP contribution in [-0.4, -0.2) is 23.0 Å². The zero-order valence-corrected chi connectivity index (χ0v) is 18.1. The molecule has 0 fully saturated rings. The molecule has 1 aliphatic heterocycles. The molecule has 0 spiro atoms. The summed E-state index contributed by atoms with van der Waals surface area (Å²) in [6, 6.07) is 16.5. The van der Waals surface area contributed by atoms with Crippen molar-refractivity contribution in [2.24, 2.45) is 0 Å². The van der Waals surface area contributed by atoms with Gasteiger partial charge >= 0.3 is 29.6 Å². The van der Waals surface area contributed by atoms with Crippen molar-refractivity contribution in [3.05, 3.63) is 94.8 Å². The van der Waals surface area contributed by atoms with E-state index in [1.54, 1.807) is 18.3 Å². The summed E-state index contributed by atoms with van der Waals surface area (Å²) in [5.41, 5.74) is 3.90. The largest absolute Gasteiger partial charge is 1.00 e. The van der Waals surface area contributed by atoms with E-state index in [9.17, 15) is 9.90 Å². The van der Waals surface area contributed by atoms with Crippen LogP contribution in [0.25, 0.3) is 0 Å². The fourth-order valence-corrected chi connectivity index (χ4v) is 3.28. The molecule has 4 rings (SSSR count). The monoisotopic (exact) mass is 401 g/mol. The van der Waals surface area contributed by atoms with Crippen LogP contribution in [0.1, 0.15) is 38.7 Å². The third kappa shape index (κ3) is 5.23. The summed E-state index contributed by atoms with van der Waals surface area (Å²) in [5.74, 6) is -0.591. The first kappa shape index (κ1) is 23.1. The van der Waals surface area contributed by atoms with Gasteiger partial charge in [0, 0.05) is 18.0 Å². The van der Waals surface area contributed by atoms with E-state index in [2.05, 4.69) is 4.98 Å². The number of carbonyl (C=O) groups excluding carboxylic acids is 1. The van der Waals surface area contributed by atoms with Crippen LogP contribution < -0.4 is 39.4 Å². The molecule has 7 heteroatoms. The first-order valence-corrected chi connectivity index (χ1v) is 8.79. The normalized spacial score (nSPS) is 14.1. The molecular weight excluding hydrogens is 381 g/mol. The molecule has 1 aromatic heterocycles. The standard InChI is InChI=1S/C22H19NO4.Na.H2O/c24-22(25)16-7-8-20-19(12-16)21(18-6-2-1-5-17(18)14-27-20)26-11-9-15-4-3-10-23-13-15;;/h1-8,10,12-13,21H,9,11,14H2,(H,24,25);;1H2/q;+1;/p-1. The molecule has 0 aliphatic carbocycles. The van der Waals surface area contributed by atoms with Crippen molar-refractivity contribution in [2.75, 3.05) is 6.61 Å². The van der Waals surface area contributed by atoms with Crippen molar-refractivity contribution in [3.63, 3.8) is 0 Å². The van der Waals surface area contributed by atoms with E-state index in [0.717, 1.165) is 16.7 Å². The number of carbonyl (C=O) groups is 1. The Hall–Kier alpha value is -2.22. The van der Waals surface area contributed by atoms with Gasteiger partial charge < -0.3 is 24.9 Å². The maximum atomic E-state index is 11.3. The molecule has 0 saturated heterocycles. The van der Waals surface area contributed by atoms with E-state index in [-0.39, 0.29) is 40.6 Å². The Kier molecular flexibility index (Phi) is 8.37. The number of aromatic carboxylic acids is 1. The zero-order valence-electron chi connectivity index (χ0n) is 16.1. The molecule has 2 aromatic carbocycles. The molecule has 0 saturated carbocycles. The summed E-state index contributed by atoms with van der Waals surface area (Å²) < 4.78 is 12.1. The molecule has 29 heavy (non-hydrogen) atoms. The predicted octanol–water partition coefficient (Wildman–Crippen LogP) is -1.13. The summed E-state index contributed by atoms with van der Waals surface area (Å²) in [6.07, 6.45) is 3.86. The van der Waals surface area contributed by atoms with Gasteiger partial charge in [-0.3, -0.25) is 4.98 Å². The van der Waals surface area contributed by atoms with Gasteiger partial charge in [-0.05, 0) is 52.9 Å². The molecule has 0 amide bonds. The van der Waals surface area contributed by atoms with Crippen LogP contribution in [0.15, 0.2) is 67.0 Å². The first-order valence-electron chi connectivity index (χ1n) is 8.79. The van der Waals surface area contributed by atoms with Gasteiger partial charge in [0.1, 0.15) is 18.5 Å². The second kappa shape index (κ2) is 10.5. The van der Waals surface area contributed by atoms with Gasteiger partial charge in [0.05, 0.1) is 12.6 Å². The van der Waals surface area contributed by atoms with Crippen molar-refractivity contribution in [3.8, 4) is 5.75 Å². The van der Waals surface area contributed by atoms with Crippen LogP contribution in [0, 0.1) is 0 Å². The van der Waals surface area contributed by atoms with E-state index in [1.807, 2.05) is 42.6 Å². The molecule has 1 atom stereocenters. The fraction of sp³-hybridized carbons (Fsp3) is 0.182. The number of fused-ring (bicyclic) bond motifs is 2. The van der Waals surface area contributed by atoms with Crippen molar-refractivity contribution in [1.82, 2.24) is 4.98 Å². The van der Waals surface area contributed by atoms with Crippen molar-refractivity contribution >= 4 is 5.97 Å². The number of pyridine rings is 1. The number of hydrogen-bond donors (Lipinski definition) is 0. The first-order chi connectivity index (χ1) is 13.2. The number of rotatable bonds is 5. The Bertz CT molecular complexity index is 964. The van der Waals surface area contributed by atoms with E-state index in [0.29, 0.717) is 30.9 Å². The Balaban J connectivity index is 0.00000150. The van der Waals surface area contributed by atoms with Gasteiger partial charge in [0.25, 0.3) is 0 Å². The topological polar surface area (TPSA) is 103 Å². The van der Waals surface area contributed by atoms with Gasteiger partial charge in [-0.25, -0.2) is 0 Å². The van der Waals surface area contributed by atoms with Crippen molar-refractivity contribution in [1.29, 1.82) is 0 Å². The van der Waals surface area contributed by atoms with E-state index in [1.165, 1.54) is 6.07 Å². The van der Waals surface area contributed by atoms with Gasteiger partial charge in [-0.1, -0.05) is 30.3 Å². The van der Waals surface area contributed by atoms with Gasteiger partial charge in [0.15, 0.2) is 0 Å². The van der Waals surface area contributed by atoms with Crippen LogP contribution in [-0.2, 0) is 17.8 Å². The molecule has 1 unspecified atom stereocenters. The van der Waals surface area contributed by atoms with E-state index >= 15 is 0 Å². The summed E-state index contributed by atoms with van der Waals surface area (Å²) in [7, 11) is 0. The molecule has 1 aliphatic rings. The van der Waals surface area contributed by atoms with E-state index in [4.69, 9.17) is 9.47 Å². The fourth-order valence-electron chi connectivity index (χ4n) is 3.28. The minimum Gasteiger partial charge on any atom is -0.545 e. The molecule has 0 bridgehead atoms. The smallest absolute Gasteiger partial charge is 0.545 e. The predicted molar refractivity (Wildman–Crippen MR) is 101 cm³/mol. The van der Waals surface area contributed by atoms with E-state index < -0.39 is 12.1 Å². The number of ether oxygens (including phenoxy) is 2. The number of aromatic nitrogens is 1. The van der Waals surface area contributed by atoms with Crippen molar-refractivity contribution < 1.29 is 54.4 Å². The Morgan fingerprint density at radius 1 is 1.14 bits per heavy atom. The van der Waals surface area contributed by atoms with Crippen LogP contribution in [0.5, 0.6) is 5.75 Å². The van der Waals surface area contributed by atoms with Crippen LogP contribution in [0.2, 0.25) is 0 Å². The summed E-state index contributed by atoms with van der Waals surface area (Å²) in [4.78, 5) is 15.4. The number of nitrogens with zero attached hydrogens (tertiary/aromatic N) is 1. The van der Waals surface area contributed by atoms with Gasteiger partial charge in [0.2, 0.25) is 0 Å². The molecule has 0 radical (unpaired) electrons. The van der Waals surface area contributed by atoms with Gasteiger partial charge in [-0.15, -0.1) is 0 Å². The second-order valence-corrected chi connectivity index (χ2v) is 6.39. The zero-order chi connectivity index (χ0) is 18.6. The summed E-state index contributed by atoms with van der Waals surface area (Å²) in [6.45, 7) is 0.885. The third-order valence-corrected chi connectivity index (χ3v) is 4.65. The number of benzene rings is 2. The van der Waals surface area contributed by atoms with Crippen LogP contribution in [0.4, 0.5) is 0 Å². The Morgan fingerprint density at radius 2 is 1.97 bits per heavy atom. The summed E-state index contributed by atoms with van der Waals surface area (Å²) >= 11 is 0. The maximum Gasteiger partial charge on any atom is 1.00 e. The minimum absolute atomic E-state index is 0. The number of carboxylic acids is 1.